The number of hydrogen-bond acceptors (Lipinski definition) is 4. The van der Waals surface area contributed by atoms with Gasteiger partial charge in [-0.15, -0.1) is 11.3 Å². The molecule has 5 nitrogen and oxygen atoms in total. The highest BCUT2D eigenvalue weighted by Crippen LogP contribution is 2.32. The molecule has 1 unspecified atom stereocenters. The Morgan fingerprint density at radius 2 is 2.12 bits per heavy atom. The molecule has 2 aliphatic heterocycles. The highest BCUT2D eigenvalue weighted by atomic mass is 32.1. The number of hydrogen-bond donors (Lipinski definition) is 1. The van der Waals surface area contributed by atoms with Gasteiger partial charge in [0.1, 0.15) is 0 Å². The average molecular weight is 356 g/mol. The molecule has 130 valence electrons. The van der Waals surface area contributed by atoms with Gasteiger partial charge in [-0.05, 0) is 17.2 Å². The fraction of sp³-hybridized carbons (Fsp3) is 0.368. The van der Waals surface area contributed by atoms with Crippen LogP contribution in [0.3, 0.4) is 0 Å². The van der Waals surface area contributed by atoms with Crippen molar-refractivity contribution in [2.24, 2.45) is 0 Å². The fourth-order valence-electron chi connectivity index (χ4n) is 3.44. The van der Waals surface area contributed by atoms with Crippen LogP contribution in [0.2, 0.25) is 0 Å². The number of ether oxygens (including phenoxy) is 1. The van der Waals surface area contributed by atoms with Gasteiger partial charge in [-0.2, -0.15) is 0 Å². The number of carbonyl (C=O) groups excluding carboxylic acids is 2. The van der Waals surface area contributed by atoms with Gasteiger partial charge in [-0.3, -0.25) is 9.59 Å². The number of rotatable bonds is 2. The van der Waals surface area contributed by atoms with Crippen LogP contribution in [0, 0.1) is 0 Å². The second-order valence-corrected chi connectivity index (χ2v) is 7.48. The van der Waals surface area contributed by atoms with Crippen molar-refractivity contribution in [1.82, 2.24) is 10.2 Å². The van der Waals surface area contributed by atoms with Crippen LogP contribution in [0.15, 0.2) is 36.4 Å². The molecular weight excluding hydrogens is 336 g/mol. The first-order valence-electron chi connectivity index (χ1n) is 8.54. The molecule has 6 heteroatoms. The van der Waals surface area contributed by atoms with Crippen LogP contribution in [-0.2, 0) is 22.6 Å². The second kappa shape index (κ2) is 6.98. The first-order chi connectivity index (χ1) is 12.2. The van der Waals surface area contributed by atoms with E-state index in [2.05, 4.69) is 5.32 Å². The molecule has 1 N–H and O–H groups in total. The minimum atomic E-state index is -0.230. The largest absolute Gasteiger partial charge is 0.376 e. The van der Waals surface area contributed by atoms with Crippen LogP contribution >= 0.6 is 11.3 Å². The smallest absolute Gasteiger partial charge is 0.264 e. The fourth-order valence-corrected chi connectivity index (χ4v) is 4.55. The third-order valence-corrected chi connectivity index (χ3v) is 5.94. The summed E-state index contributed by atoms with van der Waals surface area (Å²) in [6.45, 7) is 2.31. The highest BCUT2D eigenvalue weighted by Gasteiger charge is 2.31. The molecule has 0 saturated carbocycles. The highest BCUT2D eigenvalue weighted by molar-refractivity contribution is 7.14. The summed E-state index contributed by atoms with van der Waals surface area (Å²) in [6.07, 6.45) is 1.17. The molecular formula is C19H20N2O3S. The maximum absolute atomic E-state index is 13.2. The van der Waals surface area contributed by atoms with Crippen LogP contribution in [0.5, 0.6) is 0 Å². The van der Waals surface area contributed by atoms with E-state index in [1.54, 1.807) is 11.3 Å². The number of nitrogens with one attached hydrogen (secondary N) is 1. The second-order valence-electron chi connectivity index (χ2n) is 6.34. The first-order valence-corrected chi connectivity index (χ1v) is 9.36. The van der Waals surface area contributed by atoms with Crippen LogP contribution in [-0.4, -0.2) is 36.4 Å². The van der Waals surface area contributed by atoms with Crippen molar-refractivity contribution >= 4 is 23.2 Å². The molecule has 0 bridgehead atoms. The number of thiophene rings is 1. The van der Waals surface area contributed by atoms with E-state index in [4.69, 9.17) is 4.74 Å². The number of benzene rings is 1. The molecule has 1 atom stereocenters. The molecule has 25 heavy (non-hydrogen) atoms. The van der Waals surface area contributed by atoms with Gasteiger partial charge in [-0.25, -0.2) is 0 Å². The Morgan fingerprint density at radius 3 is 2.92 bits per heavy atom. The Labute approximate surface area is 150 Å². The van der Waals surface area contributed by atoms with E-state index in [0.717, 1.165) is 29.0 Å². The lowest BCUT2D eigenvalue weighted by Crippen LogP contribution is -2.36. The summed E-state index contributed by atoms with van der Waals surface area (Å²) < 4.78 is 5.49. The van der Waals surface area contributed by atoms with Gasteiger partial charge in [-0.1, -0.05) is 30.3 Å². The molecule has 3 heterocycles. The number of amides is 2. The van der Waals surface area contributed by atoms with E-state index in [1.165, 1.54) is 4.88 Å². The van der Waals surface area contributed by atoms with E-state index in [9.17, 15) is 9.59 Å². The average Bonchev–Trinajstić information content (AvgIpc) is 2.98. The quantitative estimate of drug-likeness (QED) is 0.900. The summed E-state index contributed by atoms with van der Waals surface area (Å²) in [4.78, 5) is 29.1. The Morgan fingerprint density at radius 1 is 1.28 bits per heavy atom. The minimum Gasteiger partial charge on any atom is -0.376 e. The SMILES string of the molecule is O=C1CC(c2ccccc2)N(C(=O)c2cc3c(s2)CCOC3)CCN1. The monoisotopic (exact) mass is 356 g/mol. The topological polar surface area (TPSA) is 58.6 Å². The van der Waals surface area contributed by atoms with Crippen molar-refractivity contribution in [3.05, 3.63) is 57.3 Å². The summed E-state index contributed by atoms with van der Waals surface area (Å²) in [5.41, 5.74) is 2.12. The molecule has 2 aliphatic rings. The van der Waals surface area contributed by atoms with Crippen molar-refractivity contribution < 1.29 is 14.3 Å². The first kappa shape index (κ1) is 16.3. The lowest BCUT2D eigenvalue weighted by Gasteiger charge is -2.29. The van der Waals surface area contributed by atoms with Crippen molar-refractivity contribution in [3.63, 3.8) is 0 Å². The summed E-state index contributed by atoms with van der Waals surface area (Å²) in [5.74, 6) is -0.00669. The molecule has 2 aromatic rings. The number of nitrogens with zero attached hydrogens (tertiary/aromatic N) is 1. The molecule has 4 rings (SSSR count). The van der Waals surface area contributed by atoms with Crippen LogP contribution in [0.1, 0.15) is 38.1 Å². The van der Waals surface area contributed by atoms with Gasteiger partial charge in [0.05, 0.1) is 30.6 Å². The number of carbonyl (C=O) groups is 2. The zero-order chi connectivity index (χ0) is 17.2. The molecule has 1 saturated heterocycles. The lowest BCUT2D eigenvalue weighted by atomic mass is 10.0. The molecule has 1 aromatic carbocycles. The molecule has 1 fully saturated rings. The van der Waals surface area contributed by atoms with Crippen LogP contribution in [0.4, 0.5) is 0 Å². The summed E-state index contributed by atoms with van der Waals surface area (Å²) in [5, 5.41) is 2.88. The molecule has 2 amide bonds. The van der Waals surface area contributed by atoms with E-state index in [-0.39, 0.29) is 17.9 Å². The van der Waals surface area contributed by atoms with Crippen molar-refractivity contribution in [1.29, 1.82) is 0 Å². The van der Waals surface area contributed by atoms with E-state index < -0.39 is 0 Å². The van der Waals surface area contributed by atoms with E-state index >= 15 is 0 Å². The molecule has 0 spiro atoms. The maximum atomic E-state index is 13.2. The zero-order valence-corrected chi connectivity index (χ0v) is 14.7. The zero-order valence-electron chi connectivity index (χ0n) is 13.9. The standard InChI is InChI=1S/C19H20N2O3S/c22-18-11-15(13-4-2-1-3-5-13)21(8-7-20-18)19(23)17-10-14-12-24-9-6-16(14)25-17/h1-5,10,15H,6-9,11-12H2,(H,20,22). The van der Waals surface area contributed by atoms with E-state index in [1.807, 2.05) is 41.3 Å². The predicted molar refractivity (Wildman–Crippen MR) is 95.5 cm³/mol. The van der Waals surface area contributed by atoms with Gasteiger partial charge < -0.3 is 15.0 Å². The van der Waals surface area contributed by atoms with Crippen LogP contribution < -0.4 is 5.32 Å². The molecule has 0 aliphatic carbocycles. The summed E-state index contributed by atoms with van der Waals surface area (Å²) >= 11 is 1.57. The molecule has 1 aromatic heterocycles. The van der Waals surface area contributed by atoms with Gasteiger partial charge in [0, 0.05) is 24.4 Å². The van der Waals surface area contributed by atoms with Crippen LogP contribution in [0.25, 0.3) is 0 Å². The lowest BCUT2D eigenvalue weighted by molar-refractivity contribution is -0.121. The van der Waals surface area contributed by atoms with Gasteiger partial charge >= 0.3 is 0 Å². The predicted octanol–water partition coefficient (Wildman–Crippen LogP) is 2.52. The third-order valence-electron chi connectivity index (χ3n) is 4.71. The van der Waals surface area contributed by atoms with Crippen molar-refractivity contribution in [2.75, 3.05) is 19.7 Å². The van der Waals surface area contributed by atoms with Crippen molar-refractivity contribution in [2.45, 2.75) is 25.5 Å². The third kappa shape index (κ3) is 3.32. The maximum Gasteiger partial charge on any atom is 0.264 e. The summed E-state index contributed by atoms with van der Waals surface area (Å²) in [6, 6.07) is 11.5. The van der Waals surface area contributed by atoms with Gasteiger partial charge in [0.15, 0.2) is 0 Å². The summed E-state index contributed by atoms with van der Waals surface area (Å²) in [7, 11) is 0. The Bertz CT molecular complexity index is 764. The number of fused-ring (bicyclic) bond motifs is 1. The van der Waals surface area contributed by atoms with Crippen molar-refractivity contribution in [3.8, 4) is 0 Å². The van der Waals surface area contributed by atoms with Gasteiger partial charge in [0.2, 0.25) is 5.91 Å². The minimum absolute atomic E-state index is 0.00440. The normalized spacial score (nSPS) is 20.6. The van der Waals surface area contributed by atoms with E-state index in [0.29, 0.717) is 26.1 Å². The van der Waals surface area contributed by atoms with Gasteiger partial charge in [0.25, 0.3) is 5.91 Å². The Balaban J connectivity index is 1.66. The molecule has 0 radical (unpaired) electrons. The Kier molecular flexibility index (Phi) is 4.55. The Hall–Kier alpha value is -2.18.